The largest absolute Gasteiger partial charge is 0.492 e. The minimum atomic E-state index is -0.560. The third kappa shape index (κ3) is 5.49. The van der Waals surface area contributed by atoms with E-state index in [0.29, 0.717) is 22.3 Å². The summed E-state index contributed by atoms with van der Waals surface area (Å²) in [6, 6.07) is 10.3. The van der Waals surface area contributed by atoms with Crippen molar-refractivity contribution in [2.24, 2.45) is 0 Å². The normalized spacial score (nSPS) is 11.0. The molecule has 0 radical (unpaired) electrons. The minimum absolute atomic E-state index is 0.0446. The average Bonchev–Trinajstić information content (AvgIpc) is 2.59. The minimum Gasteiger partial charge on any atom is -0.492 e. The summed E-state index contributed by atoms with van der Waals surface area (Å²) in [6.07, 6.45) is 1.52. The van der Waals surface area contributed by atoms with E-state index in [4.69, 9.17) is 27.9 Å². The van der Waals surface area contributed by atoms with Crippen molar-refractivity contribution in [2.75, 3.05) is 11.9 Å². The zero-order valence-electron chi connectivity index (χ0n) is 13.4. The second kappa shape index (κ2) is 9.78. The van der Waals surface area contributed by atoms with Gasteiger partial charge in [-0.15, -0.1) is 0 Å². The number of hydrogen-bond donors (Lipinski definition) is 1. The Bertz CT molecular complexity index is 901. The molecule has 0 saturated carbocycles. The molecule has 0 unspecified atom stereocenters. The summed E-state index contributed by atoms with van der Waals surface area (Å²) in [5, 5.41) is 12.8. The molecule has 0 heterocycles. The van der Waals surface area contributed by atoms with Crippen molar-refractivity contribution in [1.82, 2.24) is 0 Å². The number of hydrogen-bond acceptors (Lipinski definition) is 3. The van der Waals surface area contributed by atoms with Crippen LogP contribution in [0.25, 0.3) is 6.08 Å². The highest BCUT2D eigenvalue weighted by atomic mass is 127. The number of nitrogens with zero attached hydrogens (tertiary/aromatic N) is 1. The van der Waals surface area contributed by atoms with Crippen LogP contribution in [0.4, 0.5) is 5.69 Å². The number of carbonyl (C=O) groups excluding carboxylic acids is 1. The lowest BCUT2D eigenvalue weighted by molar-refractivity contribution is -0.112. The molecule has 4 nitrogen and oxygen atoms in total. The van der Waals surface area contributed by atoms with Gasteiger partial charge in [-0.1, -0.05) is 23.2 Å². The van der Waals surface area contributed by atoms with Crippen LogP contribution in [-0.4, -0.2) is 12.5 Å². The molecule has 0 atom stereocenters. The molecule has 134 valence electrons. The number of amides is 1. The van der Waals surface area contributed by atoms with E-state index in [-0.39, 0.29) is 5.57 Å². The molecule has 0 fully saturated rings. The fourth-order valence-corrected chi connectivity index (χ4v) is 4.51. The van der Waals surface area contributed by atoms with E-state index in [1.165, 1.54) is 12.1 Å². The Morgan fingerprint density at radius 1 is 1.27 bits per heavy atom. The van der Waals surface area contributed by atoms with Crippen LogP contribution in [0.1, 0.15) is 12.5 Å². The number of anilines is 1. The Kier molecular flexibility index (Phi) is 8.01. The van der Waals surface area contributed by atoms with Gasteiger partial charge in [-0.05, 0) is 94.1 Å². The number of halogens is 4. The summed E-state index contributed by atoms with van der Waals surface area (Å²) >= 11 is 16.3. The molecule has 0 aliphatic carbocycles. The van der Waals surface area contributed by atoms with E-state index >= 15 is 0 Å². The molecule has 1 N–H and O–H groups in total. The third-order valence-corrected chi connectivity index (χ3v) is 5.33. The Labute approximate surface area is 188 Å². The van der Waals surface area contributed by atoms with Gasteiger partial charge < -0.3 is 10.1 Å². The van der Waals surface area contributed by atoms with Crippen molar-refractivity contribution in [1.29, 1.82) is 5.26 Å². The molecule has 0 saturated heterocycles. The molecular formula is C18H12Cl2I2N2O2. The predicted molar refractivity (Wildman–Crippen MR) is 122 cm³/mol. The van der Waals surface area contributed by atoms with Crippen LogP contribution >= 0.6 is 68.4 Å². The molecule has 0 bridgehead atoms. The number of carbonyl (C=O) groups is 1. The maximum atomic E-state index is 12.4. The fraction of sp³-hybridized carbons (Fsp3) is 0.111. The maximum Gasteiger partial charge on any atom is 0.266 e. The molecule has 26 heavy (non-hydrogen) atoms. The molecule has 0 aliphatic heterocycles. The Morgan fingerprint density at radius 2 is 1.92 bits per heavy atom. The molecule has 0 aromatic heterocycles. The summed E-state index contributed by atoms with van der Waals surface area (Å²) in [5.41, 5.74) is 1.03. The van der Waals surface area contributed by atoms with Crippen molar-refractivity contribution in [3.05, 3.63) is 58.7 Å². The molecular weight excluding hydrogens is 601 g/mol. The lowest BCUT2D eigenvalue weighted by Gasteiger charge is -2.10. The summed E-state index contributed by atoms with van der Waals surface area (Å²) < 4.78 is 7.40. The molecule has 2 aromatic rings. The zero-order chi connectivity index (χ0) is 19.3. The van der Waals surface area contributed by atoms with Gasteiger partial charge in [0.1, 0.15) is 17.4 Å². The molecule has 1 amide bonds. The molecule has 2 aromatic carbocycles. The van der Waals surface area contributed by atoms with Crippen LogP contribution in [0, 0.1) is 18.5 Å². The fourth-order valence-electron chi connectivity index (χ4n) is 2.04. The smallest absolute Gasteiger partial charge is 0.266 e. The number of ether oxygens (including phenoxy) is 1. The van der Waals surface area contributed by atoms with Gasteiger partial charge in [0.2, 0.25) is 0 Å². The SMILES string of the molecule is CCOc1c(I)cc(/C=C(\C#N)C(=O)Nc2cc(Cl)ccc2Cl)cc1I. The highest BCUT2D eigenvalue weighted by molar-refractivity contribution is 14.1. The summed E-state index contributed by atoms with van der Waals surface area (Å²) in [6.45, 7) is 2.48. The van der Waals surface area contributed by atoms with E-state index in [2.05, 4.69) is 50.5 Å². The quantitative estimate of drug-likeness (QED) is 0.250. The first-order valence-corrected chi connectivity index (χ1v) is 10.3. The molecule has 0 spiro atoms. The van der Waals surface area contributed by atoms with E-state index in [0.717, 1.165) is 18.5 Å². The maximum absolute atomic E-state index is 12.4. The third-order valence-electron chi connectivity index (χ3n) is 3.16. The van der Waals surface area contributed by atoms with Crippen molar-refractivity contribution in [3.63, 3.8) is 0 Å². The predicted octanol–water partition coefficient (Wildman–Crippen LogP) is 6.15. The molecule has 0 aliphatic rings. The van der Waals surface area contributed by atoms with Gasteiger partial charge in [0.25, 0.3) is 5.91 Å². The first-order valence-electron chi connectivity index (χ1n) is 7.35. The van der Waals surface area contributed by atoms with Gasteiger partial charge in [-0.3, -0.25) is 4.79 Å². The van der Waals surface area contributed by atoms with Gasteiger partial charge in [-0.2, -0.15) is 5.26 Å². The highest BCUT2D eigenvalue weighted by Gasteiger charge is 2.13. The summed E-state index contributed by atoms with van der Waals surface area (Å²) in [5.74, 6) is 0.232. The van der Waals surface area contributed by atoms with Gasteiger partial charge >= 0.3 is 0 Å². The van der Waals surface area contributed by atoms with Crippen LogP contribution in [0.15, 0.2) is 35.9 Å². The van der Waals surface area contributed by atoms with E-state index < -0.39 is 5.91 Å². The van der Waals surface area contributed by atoms with Crippen LogP contribution in [-0.2, 0) is 4.79 Å². The van der Waals surface area contributed by atoms with Crippen LogP contribution in [0.5, 0.6) is 5.75 Å². The monoisotopic (exact) mass is 612 g/mol. The number of nitrogens with one attached hydrogen (secondary N) is 1. The Hall–Kier alpha value is -1.02. The lowest BCUT2D eigenvalue weighted by Crippen LogP contribution is -2.13. The topological polar surface area (TPSA) is 62.1 Å². The van der Waals surface area contributed by atoms with Gasteiger partial charge in [-0.25, -0.2) is 0 Å². The highest BCUT2D eigenvalue weighted by Crippen LogP contribution is 2.30. The average molecular weight is 613 g/mol. The van der Waals surface area contributed by atoms with Crippen LogP contribution < -0.4 is 10.1 Å². The van der Waals surface area contributed by atoms with Crippen molar-refractivity contribution < 1.29 is 9.53 Å². The first-order chi connectivity index (χ1) is 12.3. The number of benzene rings is 2. The van der Waals surface area contributed by atoms with E-state index in [9.17, 15) is 10.1 Å². The Morgan fingerprint density at radius 3 is 2.50 bits per heavy atom. The number of nitriles is 1. The van der Waals surface area contributed by atoms with Crippen molar-refractivity contribution in [2.45, 2.75) is 6.92 Å². The van der Waals surface area contributed by atoms with Gasteiger partial charge in [0.15, 0.2) is 0 Å². The second-order valence-corrected chi connectivity index (χ2v) is 8.16. The number of rotatable bonds is 5. The first kappa shape index (κ1) is 21.3. The molecule has 8 heteroatoms. The standard InChI is InChI=1S/C18H12Cl2I2N2O2/c1-2-26-17-14(21)6-10(7-15(17)22)5-11(9-23)18(25)24-16-8-12(19)3-4-13(16)20/h3-8H,2H2,1H3,(H,24,25)/b11-5+. The lowest BCUT2D eigenvalue weighted by atomic mass is 10.1. The van der Waals surface area contributed by atoms with Gasteiger partial charge in [0.05, 0.1) is 24.5 Å². The Balaban J connectivity index is 2.31. The van der Waals surface area contributed by atoms with Crippen LogP contribution in [0.2, 0.25) is 10.0 Å². The van der Waals surface area contributed by atoms with E-state index in [1.54, 1.807) is 12.1 Å². The molecule has 2 rings (SSSR count). The van der Waals surface area contributed by atoms with Crippen molar-refractivity contribution >= 4 is 86.1 Å². The van der Waals surface area contributed by atoms with Crippen LogP contribution in [0.3, 0.4) is 0 Å². The van der Waals surface area contributed by atoms with Crippen molar-refractivity contribution in [3.8, 4) is 11.8 Å². The summed E-state index contributed by atoms with van der Waals surface area (Å²) in [7, 11) is 0. The zero-order valence-corrected chi connectivity index (χ0v) is 19.3. The second-order valence-electron chi connectivity index (χ2n) is 4.99. The summed E-state index contributed by atoms with van der Waals surface area (Å²) in [4.78, 5) is 12.4. The van der Waals surface area contributed by atoms with Gasteiger partial charge in [0, 0.05) is 5.02 Å². The van der Waals surface area contributed by atoms with E-state index in [1.807, 2.05) is 25.1 Å².